The van der Waals surface area contributed by atoms with Crippen LogP contribution in [0.25, 0.3) is 0 Å². The Bertz CT molecular complexity index is 593. The van der Waals surface area contributed by atoms with Crippen molar-refractivity contribution in [3.8, 4) is 0 Å². The van der Waals surface area contributed by atoms with E-state index in [4.69, 9.17) is 15.7 Å². The van der Waals surface area contributed by atoms with Gasteiger partial charge in [0.05, 0.1) is 12.1 Å². The molecule has 1 amide bonds. The van der Waals surface area contributed by atoms with Crippen molar-refractivity contribution in [2.45, 2.75) is 38.5 Å². The first kappa shape index (κ1) is 18.0. The number of nitrogens with zero attached hydrogens (tertiary/aromatic N) is 4. The summed E-state index contributed by atoms with van der Waals surface area (Å²) in [4.78, 5) is 19.7. The highest BCUT2D eigenvalue weighted by Crippen LogP contribution is 2.28. The molecule has 8 nitrogen and oxygen atoms in total. The molecule has 1 unspecified atom stereocenters. The summed E-state index contributed by atoms with van der Waals surface area (Å²) in [5, 5.41) is 12.2. The van der Waals surface area contributed by atoms with E-state index in [0.29, 0.717) is 13.1 Å². The molecule has 2 rings (SSSR count). The maximum atomic E-state index is 12.1. The van der Waals surface area contributed by atoms with Gasteiger partial charge < -0.3 is 20.6 Å². The number of hydrogen-bond donors (Lipinski definition) is 2. The van der Waals surface area contributed by atoms with Crippen LogP contribution < -0.4 is 5.73 Å². The topological polar surface area (TPSA) is 104 Å². The number of hydrogen-bond acceptors (Lipinski definition) is 6. The number of oxime groups is 1. The van der Waals surface area contributed by atoms with Gasteiger partial charge in [0, 0.05) is 32.5 Å². The Labute approximate surface area is 141 Å². The number of pyridine rings is 1. The van der Waals surface area contributed by atoms with Crippen molar-refractivity contribution >= 4 is 11.9 Å². The third-order valence-corrected chi connectivity index (χ3v) is 3.90. The summed E-state index contributed by atoms with van der Waals surface area (Å²) in [6.45, 7) is 6.73. The molecule has 1 aliphatic rings. The van der Waals surface area contributed by atoms with Gasteiger partial charge >= 0.3 is 6.09 Å². The monoisotopic (exact) mass is 335 g/mol. The zero-order valence-electron chi connectivity index (χ0n) is 14.5. The lowest BCUT2D eigenvalue weighted by atomic mass is 9.98. The van der Waals surface area contributed by atoms with E-state index in [0.717, 1.165) is 5.56 Å². The highest BCUT2D eigenvalue weighted by Gasteiger charge is 2.39. The minimum absolute atomic E-state index is 0.0238. The number of amidine groups is 1. The van der Waals surface area contributed by atoms with Crippen LogP contribution in [0.15, 0.2) is 29.7 Å². The van der Waals surface area contributed by atoms with E-state index in [9.17, 15) is 4.79 Å². The molecule has 0 aromatic carbocycles. The van der Waals surface area contributed by atoms with Gasteiger partial charge in [0.2, 0.25) is 0 Å². The molecule has 132 valence electrons. The van der Waals surface area contributed by atoms with Crippen LogP contribution >= 0.6 is 0 Å². The molecule has 1 aromatic rings. The highest BCUT2D eigenvalue weighted by molar-refractivity contribution is 5.86. The fourth-order valence-corrected chi connectivity index (χ4v) is 2.60. The van der Waals surface area contributed by atoms with Crippen LogP contribution in [0, 0.1) is 0 Å². The number of rotatable bonds is 4. The summed E-state index contributed by atoms with van der Waals surface area (Å²) in [7, 11) is 1.72. The van der Waals surface area contributed by atoms with Gasteiger partial charge in [0.25, 0.3) is 0 Å². The molecule has 0 spiro atoms. The third kappa shape index (κ3) is 4.14. The molecule has 1 saturated heterocycles. The Hall–Kier alpha value is -2.35. The molecule has 0 radical (unpaired) electrons. The molecule has 24 heavy (non-hydrogen) atoms. The highest BCUT2D eigenvalue weighted by atomic mass is 16.6. The Balaban J connectivity index is 2.02. The van der Waals surface area contributed by atoms with Crippen LogP contribution in [0.4, 0.5) is 4.79 Å². The second-order valence-electron chi connectivity index (χ2n) is 6.91. The Morgan fingerprint density at radius 1 is 1.46 bits per heavy atom. The van der Waals surface area contributed by atoms with Crippen LogP contribution in [0.5, 0.6) is 0 Å². The van der Waals surface area contributed by atoms with Gasteiger partial charge in [-0.1, -0.05) is 5.16 Å². The number of ether oxygens (including phenoxy) is 1. The van der Waals surface area contributed by atoms with Gasteiger partial charge in [-0.2, -0.15) is 0 Å². The van der Waals surface area contributed by atoms with E-state index in [1.807, 2.05) is 37.8 Å². The Morgan fingerprint density at radius 2 is 2.04 bits per heavy atom. The standard InChI is InChI=1S/C16H25N5O3/c1-16(2,3)24-15(22)20(4)12-9-21(10-12)13(14(17)19-23)11-5-7-18-8-6-11/h5-8,12-13,23H,9-10H2,1-4H3,(H2,17,19). The lowest BCUT2D eigenvalue weighted by molar-refractivity contribution is -0.00894. The number of likely N-dealkylation sites (N-methyl/N-ethyl adjacent to an activating group) is 1. The maximum Gasteiger partial charge on any atom is 0.410 e. The van der Waals surface area contributed by atoms with Crippen molar-refractivity contribution in [1.82, 2.24) is 14.8 Å². The first-order valence-electron chi connectivity index (χ1n) is 7.80. The summed E-state index contributed by atoms with van der Waals surface area (Å²) in [5.74, 6) is 0.111. The van der Waals surface area contributed by atoms with E-state index in [1.54, 1.807) is 24.3 Å². The van der Waals surface area contributed by atoms with Gasteiger partial charge in [-0.05, 0) is 38.5 Å². The zero-order valence-corrected chi connectivity index (χ0v) is 14.5. The normalized spacial score (nSPS) is 17.9. The van der Waals surface area contributed by atoms with E-state index in [-0.39, 0.29) is 24.0 Å². The van der Waals surface area contributed by atoms with Crippen molar-refractivity contribution in [2.24, 2.45) is 10.9 Å². The van der Waals surface area contributed by atoms with Crippen molar-refractivity contribution in [3.63, 3.8) is 0 Å². The predicted molar refractivity (Wildman–Crippen MR) is 89.7 cm³/mol. The summed E-state index contributed by atoms with van der Waals surface area (Å²) in [5.41, 5.74) is 6.22. The molecule has 1 aliphatic heterocycles. The molecule has 8 heteroatoms. The Kier molecular flexibility index (Phi) is 5.28. The van der Waals surface area contributed by atoms with Crippen molar-refractivity contribution < 1.29 is 14.7 Å². The van der Waals surface area contributed by atoms with Crippen LogP contribution in [-0.4, -0.2) is 63.7 Å². The Morgan fingerprint density at radius 3 is 2.54 bits per heavy atom. The van der Waals surface area contributed by atoms with Crippen LogP contribution in [-0.2, 0) is 4.74 Å². The summed E-state index contributed by atoms with van der Waals surface area (Å²) < 4.78 is 5.38. The van der Waals surface area contributed by atoms with Crippen LogP contribution in [0.2, 0.25) is 0 Å². The predicted octanol–water partition coefficient (Wildman–Crippen LogP) is 1.42. The molecule has 3 N–H and O–H groups in total. The van der Waals surface area contributed by atoms with Crippen molar-refractivity contribution in [1.29, 1.82) is 0 Å². The van der Waals surface area contributed by atoms with E-state index < -0.39 is 5.60 Å². The van der Waals surface area contributed by atoms with Crippen molar-refractivity contribution in [2.75, 3.05) is 20.1 Å². The number of nitrogens with two attached hydrogens (primary N) is 1. The smallest absolute Gasteiger partial charge is 0.410 e. The second-order valence-corrected chi connectivity index (χ2v) is 6.91. The van der Waals surface area contributed by atoms with Gasteiger partial charge in [-0.25, -0.2) is 4.79 Å². The van der Waals surface area contributed by atoms with Gasteiger partial charge in [-0.15, -0.1) is 0 Å². The molecular formula is C16H25N5O3. The second kappa shape index (κ2) is 7.04. The lowest BCUT2D eigenvalue weighted by Crippen LogP contribution is -2.62. The molecular weight excluding hydrogens is 310 g/mol. The maximum absolute atomic E-state index is 12.1. The first-order chi connectivity index (χ1) is 11.2. The van der Waals surface area contributed by atoms with E-state index >= 15 is 0 Å². The minimum Gasteiger partial charge on any atom is -0.444 e. The summed E-state index contributed by atoms with van der Waals surface area (Å²) in [6.07, 6.45) is 2.98. The van der Waals surface area contributed by atoms with E-state index in [1.165, 1.54) is 0 Å². The molecule has 1 aromatic heterocycles. The zero-order chi connectivity index (χ0) is 17.9. The van der Waals surface area contributed by atoms with Gasteiger partial charge in [-0.3, -0.25) is 9.88 Å². The number of carbonyl (C=O) groups is 1. The summed E-state index contributed by atoms with van der Waals surface area (Å²) in [6, 6.07) is 3.33. The average molecular weight is 335 g/mol. The largest absolute Gasteiger partial charge is 0.444 e. The fraction of sp³-hybridized carbons (Fsp3) is 0.562. The SMILES string of the molecule is CN(C(=O)OC(C)(C)C)C1CN(C(/C(N)=N/O)c2ccncc2)C1. The van der Waals surface area contributed by atoms with Crippen LogP contribution in [0.1, 0.15) is 32.4 Å². The molecule has 0 aliphatic carbocycles. The number of likely N-dealkylation sites (tertiary alicyclic amines) is 1. The lowest BCUT2D eigenvalue weighted by Gasteiger charge is -2.47. The number of aromatic nitrogens is 1. The van der Waals surface area contributed by atoms with Gasteiger partial charge in [0.1, 0.15) is 5.60 Å². The van der Waals surface area contributed by atoms with Gasteiger partial charge in [0.15, 0.2) is 5.84 Å². The molecule has 0 saturated carbocycles. The van der Waals surface area contributed by atoms with Crippen molar-refractivity contribution in [3.05, 3.63) is 30.1 Å². The fourth-order valence-electron chi connectivity index (χ4n) is 2.60. The molecule has 1 fully saturated rings. The molecule has 2 heterocycles. The molecule has 1 atom stereocenters. The average Bonchev–Trinajstić information content (AvgIpc) is 2.48. The molecule has 0 bridgehead atoms. The number of carbonyl (C=O) groups excluding carboxylic acids is 1. The number of amides is 1. The summed E-state index contributed by atoms with van der Waals surface area (Å²) >= 11 is 0. The van der Waals surface area contributed by atoms with E-state index in [2.05, 4.69) is 10.1 Å². The quantitative estimate of drug-likeness (QED) is 0.373. The first-order valence-corrected chi connectivity index (χ1v) is 7.80. The third-order valence-electron chi connectivity index (χ3n) is 3.90. The minimum atomic E-state index is -0.525. The van der Waals surface area contributed by atoms with Crippen LogP contribution in [0.3, 0.4) is 0 Å².